The second-order valence-electron chi connectivity index (χ2n) is 6.01. The molecule has 24 heavy (non-hydrogen) atoms. The van der Waals surface area contributed by atoms with Gasteiger partial charge in [0.2, 0.25) is 5.91 Å². The third kappa shape index (κ3) is 4.20. The number of hydrogen-bond acceptors (Lipinski definition) is 4. The summed E-state index contributed by atoms with van der Waals surface area (Å²) < 4.78 is 0. The minimum absolute atomic E-state index is 0.0272. The van der Waals surface area contributed by atoms with Crippen LogP contribution in [0.15, 0.2) is 23.0 Å². The lowest BCUT2D eigenvalue weighted by Crippen LogP contribution is -2.33. The molecular weight excluding hydrogens is 328 g/mol. The van der Waals surface area contributed by atoms with Crippen molar-refractivity contribution in [3.05, 3.63) is 44.8 Å². The van der Waals surface area contributed by atoms with Gasteiger partial charge in [0, 0.05) is 36.5 Å². The molecule has 7 heteroatoms. The van der Waals surface area contributed by atoms with Gasteiger partial charge in [-0.1, -0.05) is 23.7 Å². The highest BCUT2D eigenvalue weighted by Gasteiger charge is 2.14. The Hall–Kier alpha value is -2.21. The number of carbonyl (C=O) groups is 1. The Morgan fingerprint density at radius 3 is 2.62 bits per heavy atom. The van der Waals surface area contributed by atoms with Crippen molar-refractivity contribution >= 4 is 17.5 Å². The van der Waals surface area contributed by atoms with Gasteiger partial charge in [-0.05, 0) is 32.4 Å². The lowest BCUT2D eigenvalue weighted by atomic mass is 10.1. The number of hydrogen-bond donors (Lipinski definition) is 1. The summed E-state index contributed by atoms with van der Waals surface area (Å²) in [7, 11) is 1.74. The summed E-state index contributed by atoms with van der Waals surface area (Å²) in [5.74, 6) is 0.330. The highest BCUT2D eigenvalue weighted by atomic mass is 35.5. The normalized spacial score (nSPS) is 10.9. The Balaban J connectivity index is 2.14. The zero-order valence-corrected chi connectivity index (χ0v) is 15.0. The van der Waals surface area contributed by atoms with Crippen LogP contribution >= 0.6 is 11.6 Å². The van der Waals surface area contributed by atoms with Gasteiger partial charge < -0.3 is 9.88 Å². The van der Waals surface area contributed by atoms with Crippen molar-refractivity contribution in [2.75, 3.05) is 7.05 Å². The molecular formula is C17H21ClN4O2. The fourth-order valence-electron chi connectivity index (χ4n) is 2.08. The number of nitrogens with zero attached hydrogens (tertiary/aromatic N) is 3. The molecule has 2 rings (SSSR count). The van der Waals surface area contributed by atoms with Gasteiger partial charge in [-0.15, -0.1) is 10.2 Å². The van der Waals surface area contributed by atoms with E-state index in [4.69, 9.17) is 11.6 Å². The Kier molecular flexibility index (Phi) is 5.72. The summed E-state index contributed by atoms with van der Waals surface area (Å²) in [6.07, 6.45) is 0.481. The standard InChI is InChI=1S/C17H21ClN4O2/c1-10(2)22(4)15(23)8-7-14-17(24)19-16(21-20-14)12-6-5-11(3)13(18)9-12/h5-6,9-10H,7-8H2,1-4H3,(H,19,21,24). The first-order chi connectivity index (χ1) is 11.3. The molecule has 0 aliphatic heterocycles. The first-order valence-electron chi connectivity index (χ1n) is 7.77. The van der Waals surface area contributed by atoms with Crippen LogP contribution in [0.4, 0.5) is 0 Å². The number of amides is 1. The molecule has 0 saturated heterocycles. The van der Waals surface area contributed by atoms with Crippen molar-refractivity contribution < 1.29 is 4.79 Å². The van der Waals surface area contributed by atoms with Crippen LogP contribution in [0.25, 0.3) is 11.4 Å². The number of aromatic amines is 1. The van der Waals surface area contributed by atoms with E-state index in [9.17, 15) is 9.59 Å². The first-order valence-corrected chi connectivity index (χ1v) is 8.15. The number of carbonyl (C=O) groups excluding carboxylic acids is 1. The second-order valence-corrected chi connectivity index (χ2v) is 6.42. The summed E-state index contributed by atoms with van der Waals surface area (Å²) in [6, 6.07) is 5.53. The number of H-pyrrole nitrogens is 1. The van der Waals surface area contributed by atoms with Gasteiger partial charge in [0.05, 0.1) is 0 Å². The van der Waals surface area contributed by atoms with E-state index in [1.165, 1.54) is 0 Å². The molecule has 0 bridgehead atoms. The zero-order valence-electron chi connectivity index (χ0n) is 14.3. The van der Waals surface area contributed by atoms with Crippen LogP contribution in [0.1, 0.15) is 31.5 Å². The minimum atomic E-state index is -0.336. The molecule has 0 aliphatic rings. The fourth-order valence-corrected chi connectivity index (χ4v) is 2.26. The lowest BCUT2D eigenvalue weighted by Gasteiger charge is -2.21. The Bertz CT molecular complexity index is 801. The highest BCUT2D eigenvalue weighted by Crippen LogP contribution is 2.21. The SMILES string of the molecule is Cc1ccc(-c2nnc(CCC(=O)N(C)C(C)C)c(=O)[nH]2)cc1Cl. The van der Waals surface area contributed by atoms with Crippen LogP contribution < -0.4 is 5.56 Å². The molecule has 0 spiro atoms. The summed E-state index contributed by atoms with van der Waals surface area (Å²) in [4.78, 5) is 28.5. The Morgan fingerprint density at radius 2 is 2.04 bits per heavy atom. The summed E-state index contributed by atoms with van der Waals surface area (Å²) in [5.41, 5.74) is 1.55. The predicted molar refractivity (Wildman–Crippen MR) is 94.1 cm³/mol. The van der Waals surface area contributed by atoms with E-state index in [1.54, 1.807) is 18.0 Å². The molecule has 6 nitrogen and oxygen atoms in total. The second kappa shape index (κ2) is 7.57. The number of rotatable bonds is 5. The van der Waals surface area contributed by atoms with Crippen LogP contribution in [-0.2, 0) is 11.2 Å². The Labute approximate surface area is 145 Å². The van der Waals surface area contributed by atoms with Crippen LogP contribution in [-0.4, -0.2) is 39.1 Å². The number of nitrogens with one attached hydrogen (secondary N) is 1. The van der Waals surface area contributed by atoms with Crippen LogP contribution in [0.3, 0.4) is 0 Å². The molecule has 0 aliphatic carbocycles. The lowest BCUT2D eigenvalue weighted by molar-refractivity contribution is -0.131. The molecule has 1 aromatic heterocycles. The monoisotopic (exact) mass is 348 g/mol. The molecule has 0 unspecified atom stereocenters. The first kappa shape index (κ1) is 18.1. The van der Waals surface area contributed by atoms with Gasteiger partial charge in [0.15, 0.2) is 5.82 Å². The fraction of sp³-hybridized carbons (Fsp3) is 0.412. The van der Waals surface area contributed by atoms with Crippen molar-refractivity contribution in [1.82, 2.24) is 20.1 Å². The molecule has 0 atom stereocenters. The molecule has 1 amide bonds. The smallest absolute Gasteiger partial charge is 0.273 e. The van der Waals surface area contributed by atoms with Gasteiger partial charge in [0.1, 0.15) is 5.69 Å². The topological polar surface area (TPSA) is 79.0 Å². The maximum Gasteiger partial charge on any atom is 0.273 e. The molecule has 1 aromatic carbocycles. The van der Waals surface area contributed by atoms with Crippen LogP contribution in [0.5, 0.6) is 0 Å². The average molecular weight is 349 g/mol. The minimum Gasteiger partial charge on any atom is -0.343 e. The molecule has 1 N–H and O–H groups in total. The van der Waals surface area contributed by atoms with Gasteiger partial charge >= 0.3 is 0 Å². The van der Waals surface area contributed by atoms with Gasteiger partial charge in [0.25, 0.3) is 5.56 Å². The third-order valence-corrected chi connectivity index (χ3v) is 4.36. The quantitative estimate of drug-likeness (QED) is 0.900. The number of aryl methyl sites for hydroxylation is 2. The number of benzene rings is 1. The molecule has 0 fully saturated rings. The average Bonchev–Trinajstić information content (AvgIpc) is 2.55. The molecule has 128 valence electrons. The van der Waals surface area contributed by atoms with Crippen molar-refractivity contribution in [3.63, 3.8) is 0 Å². The summed E-state index contributed by atoms with van der Waals surface area (Å²) in [6.45, 7) is 5.77. The molecule has 0 radical (unpaired) electrons. The maximum absolute atomic E-state index is 12.2. The van der Waals surface area contributed by atoms with Gasteiger partial charge in [-0.2, -0.15) is 0 Å². The van der Waals surface area contributed by atoms with Crippen LogP contribution in [0, 0.1) is 6.92 Å². The van der Waals surface area contributed by atoms with Crippen molar-refractivity contribution in [2.45, 2.75) is 39.7 Å². The van der Waals surface area contributed by atoms with Crippen molar-refractivity contribution in [2.24, 2.45) is 0 Å². The molecule has 2 aromatic rings. The highest BCUT2D eigenvalue weighted by molar-refractivity contribution is 6.31. The number of aromatic nitrogens is 3. The zero-order chi connectivity index (χ0) is 17.9. The van der Waals surface area contributed by atoms with Crippen LogP contribution in [0.2, 0.25) is 5.02 Å². The van der Waals surface area contributed by atoms with Gasteiger partial charge in [-0.3, -0.25) is 9.59 Å². The van der Waals surface area contributed by atoms with E-state index in [0.29, 0.717) is 16.4 Å². The predicted octanol–water partition coefficient (Wildman–Crippen LogP) is 2.59. The number of halogens is 1. The maximum atomic E-state index is 12.2. The largest absolute Gasteiger partial charge is 0.343 e. The molecule has 1 heterocycles. The van der Waals surface area contributed by atoms with E-state index in [2.05, 4.69) is 15.2 Å². The third-order valence-electron chi connectivity index (χ3n) is 3.95. The van der Waals surface area contributed by atoms with E-state index in [-0.39, 0.29) is 36.0 Å². The summed E-state index contributed by atoms with van der Waals surface area (Å²) >= 11 is 6.09. The van der Waals surface area contributed by atoms with Crippen molar-refractivity contribution in [3.8, 4) is 11.4 Å². The van der Waals surface area contributed by atoms with E-state index in [1.807, 2.05) is 32.9 Å². The Morgan fingerprint density at radius 1 is 1.33 bits per heavy atom. The summed E-state index contributed by atoms with van der Waals surface area (Å²) in [5, 5.41) is 8.62. The molecule has 0 saturated carbocycles. The van der Waals surface area contributed by atoms with Gasteiger partial charge in [-0.25, -0.2) is 0 Å². The van der Waals surface area contributed by atoms with E-state index >= 15 is 0 Å². The van der Waals surface area contributed by atoms with E-state index < -0.39 is 0 Å². The van der Waals surface area contributed by atoms with E-state index in [0.717, 1.165) is 5.56 Å². The van der Waals surface area contributed by atoms with Crippen molar-refractivity contribution in [1.29, 1.82) is 0 Å².